The van der Waals surface area contributed by atoms with Gasteiger partial charge < -0.3 is 15.2 Å². The number of rotatable bonds is 4. The molecule has 0 aliphatic heterocycles. The van der Waals surface area contributed by atoms with Crippen LogP contribution in [0.3, 0.4) is 0 Å². The molecule has 14 heavy (non-hydrogen) atoms. The molecule has 5 heteroatoms. The number of para-hydroxylation sites is 1. The van der Waals surface area contributed by atoms with Gasteiger partial charge in [-0.3, -0.25) is 4.79 Å². The molecule has 0 saturated carbocycles. The van der Waals surface area contributed by atoms with Gasteiger partial charge in [0.25, 0.3) is 0 Å². The Hall–Kier alpha value is -2.04. The van der Waals surface area contributed by atoms with Crippen molar-refractivity contribution in [2.24, 2.45) is 0 Å². The van der Waals surface area contributed by atoms with Crippen LogP contribution in [0.15, 0.2) is 18.2 Å². The highest BCUT2D eigenvalue weighted by atomic mass is 16.5. The average Bonchev–Trinajstić information content (AvgIpc) is 2.18. The Morgan fingerprint density at radius 3 is 2.79 bits per heavy atom. The number of carbonyl (C=O) groups is 2. The summed E-state index contributed by atoms with van der Waals surface area (Å²) < 4.78 is 4.89. The molecular formula is C9H9NO4. The second kappa shape index (κ2) is 4.27. The molecule has 0 aliphatic carbocycles. The van der Waals surface area contributed by atoms with Crippen LogP contribution in [0, 0.1) is 0 Å². The highest BCUT2D eigenvalue weighted by molar-refractivity contribution is 5.94. The molecule has 0 saturated heterocycles. The van der Waals surface area contributed by atoms with Crippen molar-refractivity contribution in [3.05, 3.63) is 23.8 Å². The molecule has 0 spiro atoms. The highest BCUT2D eigenvalue weighted by Crippen LogP contribution is 2.27. The predicted octanol–water partition coefficient (Wildman–Crippen LogP) is 0.962. The van der Waals surface area contributed by atoms with Crippen LogP contribution in [0.4, 0.5) is 5.69 Å². The number of carboxylic acids is 1. The van der Waals surface area contributed by atoms with Crippen molar-refractivity contribution in [3.8, 4) is 5.75 Å². The van der Waals surface area contributed by atoms with E-state index in [2.05, 4.69) is 5.32 Å². The number of anilines is 1. The Morgan fingerprint density at radius 1 is 1.57 bits per heavy atom. The van der Waals surface area contributed by atoms with Gasteiger partial charge >= 0.3 is 5.97 Å². The molecule has 2 N–H and O–H groups in total. The zero-order valence-electron chi connectivity index (χ0n) is 7.48. The van der Waals surface area contributed by atoms with E-state index in [0.717, 1.165) is 0 Å². The van der Waals surface area contributed by atoms with Crippen molar-refractivity contribution in [3.63, 3.8) is 0 Å². The first-order chi connectivity index (χ1) is 6.70. The van der Waals surface area contributed by atoms with Gasteiger partial charge in [-0.25, -0.2) is 4.79 Å². The number of nitrogens with one attached hydrogen (secondary N) is 1. The largest absolute Gasteiger partial charge is 0.494 e. The number of amides is 1. The predicted molar refractivity (Wildman–Crippen MR) is 49.6 cm³/mol. The van der Waals surface area contributed by atoms with Crippen LogP contribution in [-0.2, 0) is 4.79 Å². The van der Waals surface area contributed by atoms with Gasteiger partial charge in [0, 0.05) is 0 Å². The Morgan fingerprint density at radius 2 is 2.29 bits per heavy atom. The van der Waals surface area contributed by atoms with Crippen molar-refractivity contribution in [1.82, 2.24) is 0 Å². The lowest BCUT2D eigenvalue weighted by Gasteiger charge is -2.09. The Bertz CT molecular complexity index is 362. The van der Waals surface area contributed by atoms with Gasteiger partial charge in [0.05, 0.1) is 12.8 Å². The maximum atomic E-state index is 10.7. The van der Waals surface area contributed by atoms with E-state index in [4.69, 9.17) is 9.84 Å². The third-order valence-electron chi connectivity index (χ3n) is 1.66. The number of hydrogen-bond acceptors (Lipinski definition) is 3. The quantitative estimate of drug-likeness (QED) is 0.701. The molecule has 0 atom stereocenters. The zero-order valence-corrected chi connectivity index (χ0v) is 7.48. The van der Waals surface area contributed by atoms with Gasteiger partial charge in [0.15, 0.2) is 5.75 Å². The first-order valence-electron chi connectivity index (χ1n) is 3.81. The van der Waals surface area contributed by atoms with E-state index in [9.17, 15) is 9.59 Å². The van der Waals surface area contributed by atoms with Crippen LogP contribution in [0.25, 0.3) is 0 Å². The fourth-order valence-corrected chi connectivity index (χ4v) is 1.10. The Balaban J connectivity index is 3.24. The SMILES string of the molecule is COc1c(NC=O)cccc1C(=O)O. The summed E-state index contributed by atoms with van der Waals surface area (Å²) in [5.74, 6) is -0.955. The Labute approximate surface area is 80.3 Å². The molecule has 0 fully saturated rings. The number of benzene rings is 1. The summed E-state index contributed by atoms with van der Waals surface area (Å²) >= 11 is 0. The Kier molecular flexibility index (Phi) is 3.06. The summed E-state index contributed by atoms with van der Waals surface area (Å²) in [6, 6.07) is 4.48. The summed E-state index contributed by atoms with van der Waals surface area (Å²) in [5, 5.41) is 11.1. The number of hydrogen-bond donors (Lipinski definition) is 2. The van der Waals surface area contributed by atoms with E-state index in [1.54, 1.807) is 6.07 Å². The van der Waals surface area contributed by atoms with Gasteiger partial charge in [-0.15, -0.1) is 0 Å². The molecule has 1 rings (SSSR count). The smallest absolute Gasteiger partial charge is 0.339 e. The first kappa shape index (κ1) is 10.0. The number of carboxylic acid groups (broad SMARTS) is 1. The second-order valence-corrected chi connectivity index (χ2v) is 2.45. The van der Waals surface area contributed by atoms with Crippen molar-refractivity contribution in [1.29, 1.82) is 0 Å². The molecular weight excluding hydrogens is 186 g/mol. The van der Waals surface area contributed by atoms with Crippen molar-refractivity contribution >= 4 is 18.1 Å². The molecule has 0 unspecified atom stereocenters. The van der Waals surface area contributed by atoms with Crippen molar-refractivity contribution in [2.75, 3.05) is 12.4 Å². The first-order valence-corrected chi connectivity index (χ1v) is 3.81. The third kappa shape index (κ3) is 1.82. The summed E-state index contributed by atoms with van der Waals surface area (Å²) in [6.07, 6.45) is 0.462. The minimum absolute atomic E-state index is 0.0133. The van der Waals surface area contributed by atoms with Crippen LogP contribution in [0.1, 0.15) is 10.4 Å². The van der Waals surface area contributed by atoms with Crippen molar-refractivity contribution < 1.29 is 19.4 Å². The van der Waals surface area contributed by atoms with Crippen LogP contribution in [0.5, 0.6) is 5.75 Å². The van der Waals surface area contributed by atoms with E-state index in [-0.39, 0.29) is 11.3 Å². The van der Waals surface area contributed by atoms with Crippen LogP contribution in [-0.4, -0.2) is 24.6 Å². The number of ether oxygens (including phenoxy) is 1. The number of methoxy groups -OCH3 is 1. The van der Waals surface area contributed by atoms with E-state index in [0.29, 0.717) is 12.1 Å². The molecule has 1 aromatic carbocycles. The monoisotopic (exact) mass is 195 g/mol. The van der Waals surface area contributed by atoms with Crippen molar-refractivity contribution in [2.45, 2.75) is 0 Å². The molecule has 0 bridgehead atoms. The molecule has 1 aromatic rings. The van der Waals surface area contributed by atoms with E-state index < -0.39 is 5.97 Å². The molecule has 74 valence electrons. The average molecular weight is 195 g/mol. The topological polar surface area (TPSA) is 75.6 Å². The van der Waals surface area contributed by atoms with Crippen LogP contribution < -0.4 is 10.1 Å². The zero-order chi connectivity index (χ0) is 10.6. The molecule has 1 amide bonds. The standard InChI is InChI=1S/C9H9NO4/c1-14-8-6(9(12)13)3-2-4-7(8)10-5-11/h2-5H,1H3,(H,10,11)(H,12,13). The minimum Gasteiger partial charge on any atom is -0.494 e. The van der Waals surface area contributed by atoms with Gasteiger partial charge in [0.1, 0.15) is 5.56 Å². The molecule has 0 heterocycles. The molecule has 5 nitrogen and oxygen atoms in total. The lowest BCUT2D eigenvalue weighted by atomic mass is 10.1. The molecule has 0 aliphatic rings. The van der Waals surface area contributed by atoms with Crippen LogP contribution >= 0.6 is 0 Å². The summed E-state index contributed by atoms with van der Waals surface area (Å²) in [5.41, 5.74) is 0.349. The number of carbonyl (C=O) groups excluding carboxylic acids is 1. The maximum absolute atomic E-state index is 10.7. The lowest BCUT2D eigenvalue weighted by Crippen LogP contribution is -2.04. The summed E-state index contributed by atoms with van der Waals surface area (Å²) in [4.78, 5) is 21.0. The molecule has 0 aromatic heterocycles. The van der Waals surface area contributed by atoms with E-state index in [1.165, 1.54) is 19.2 Å². The maximum Gasteiger partial charge on any atom is 0.339 e. The molecule has 0 radical (unpaired) electrons. The van der Waals surface area contributed by atoms with Gasteiger partial charge in [-0.2, -0.15) is 0 Å². The van der Waals surface area contributed by atoms with E-state index in [1.807, 2.05) is 0 Å². The lowest BCUT2D eigenvalue weighted by molar-refractivity contribution is -0.105. The second-order valence-electron chi connectivity index (χ2n) is 2.45. The summed E-state index contributed by atoms with van der Waals surface area (Å²) in [6.45, 7) is 0. The normalized spacial score (nSPS) is 9.21. The fraction of sp³-hybridized carbons (Fsp3) is 0.111. The van der Waals surface area contributed by atoms with E-state index >= 15 is 0 Å². The van der Waals surface area contributed by atoms with Gasteiger partial charge in [-0.05, 0) is 12.1 Å². The van der Waals surface area contributed by atoms with Crippen LogP contribution in [0.2, 0.25) is 0 Å². The minimum atomic E-state index is -1.10. The third-order valence-corrected chi connectivity index (χ3v) is 1.66. The van der Waals surface area contributed by atoms with Gasteiger partial charge in [0.2, 0.25) is 6.41 Å². The van der Waals surface area contributed by atoms with Gasteiger partial charge in [-0.1, -0.05) is 6.07 Å². The summed E-state index contributed by atoms with van der Waals surface area (Å²) in [7, 11) is 1.34. The number of aromatic carboxylic acids is 1. The fourth-order valence-electron chi connectivity index (χ4n) is 1.10. The highest BCUT2D eigenvalue weighted by Gasteiger charge is 2.13.